The van der Waals surface area contributed by atoms with Crippen molar-refractivity contribution in [2.75, 3.05) is 4.90 Å². The Hall–Kier alpha value is -6.38. The van der Waals surface area contributed by atoms with Gasteiger partial charge in [0.25, 0.3) is 0 Å². The van der Waals surface area contributed by atoms with E-state index in [4.69, 9.17) is 0 Å². The van der Waals surface area contributed by atoms with Crippen LogP contribution in [0.3, 0.4) is 0 Å². The Morgan fingerprint density at radius 3 is 2.04 bits per heavy atom. The molecule has 1 aliphatic carbocycles. The molecule has 0 radical (unpaired) electrons. The third kappa shape index (κ3) is 4.57. The van der Waals surface area contributed by atoms with Crippen LogP contribution in [0.1, 0.15) is 25.0 Å². The largest absolute Gasteiger partial charge is 0.308 e. The van der Waals surface area contributed by atoms with E-state index in [-0.39, 0.29) is 5.41 Å². The molecule has 0 aliphatic heterocycles. The highest BCUT2D eigenvalue weighted by Gasteiger charge is 2.36. The molecule has 1 heterocycles. The average Bonchev–Trinajstić information content (AvgIpc) is 3.64. The van der Waals surface area contributed by atoms with Crippen molar-refractivity contribution in [1.82, 2.24) is 4.57 Å². The number of fused-ring (bicyclic) bond motifs is 7. The molecular weight excluding hydrogens is 617 g/mol. The zero-order chi connectivity index (χ0) is 34.1. The van der Waals surface area contributed by atoms with Crippen molar-refractivity contribution < 1.29 is 0 Å². The smallest absolute Gasteiger partial charge is 0.0782 e. The van der Waals surface area contributed by atoms with Gasteiger partial charge in [-0.05, 0) is 92.7 Å². The number of hydrogen-bond donors (Lipinski definition) is 0. The molecule has 1 aliphatic rings. The highest BCUT2D eigenvalue weighted by Crippen LogP contribution is 2.51. The second-order valence-electron chi connectivity index (χ2n) is 14.2. The molecule has 0 spiro atoms. The number of para-hydroxylation sites is 2. The van der Waals surface area contributed by atoms with E-state index in [0.29, 0.717) is 0 Å². The second kappa shape index (κ2) is 11.3. The first-order valence-corrected chi connectivity index (χ1v) is 17.8. The Bertz CT molecular complexity index is 2790. The molecule has 242 valence electrons. The van der Waals surface area contributed by atoms with Crippen LogP contribution in [0.2, 0.25) is 0 Å². The first-order chi connectivity index (χ1) is 25.1. The Kier molecular flexibility index (Phi) is 6.56. The van der Waals surface area contributed by atoms with Gasteiger partial charge in [0, 0.05) is 33.2 Å². The SMILES string of the molecule is CC1(C)c2ccccc2-c2ccc(N(c3cccc(-c4ccccc4)c3)c3cccc4c5ccccc5n(-c5ccc6ccccc6c5)c34)cc21. The van der Waals surface area contributed by atoms with Crippen molar-refractivity contribution >= 4 is 49.6 Å². The quantitative estimate of drug-likeness (QED) is 0.180. The number of benzene rings is 8. The maximum atomic E-state index is 2.48. The van der Waals surface area contributed by atoms with Crippen molar-refractivity contribution in [3.05, 3.63) is 193 Å². The Balaban J connectivity index is 1.27. The summed E-state index contributed by atoms with van der Waals surface area (Å²) in [6.07, 6.45) is 0. The summed E-state index contributed by atoms with van der Waals surface area (Å²) in [5, 5.41) is 4.94. The summed E-state index contributed by atoms with van der Waals surface area (Å²) in [7, 11) is 0. The van der Waals surface area contributed by atoms with Crippen molar-refractivity contribution in [2.45, 2.75) is 19.3 Å². The molecule has 0 atom stereocenters. The van der Waals surface area contributed by atoms with Crippen molar-refractivity contribution in [2.24, 2.45) is 0 Å². The highest BCUT2D eigenvalue weighted by molar-refractivity contribution is 6.14. The van der Waals surface area contributed by atoms with Gasteiger partial charge in [0.2, 0.25) is 0 Å². The third-order valence-electron chi connectivity index (χ3n) is 10.9. The summed E-state index contributed by atoms with van der Waals surface area (Å²) in [6.45, 7) is 4.72. The molecule has 0 bridgehead atoms. The lowest BCUT2D eigenvalue weighted by Crippen LogP contribution is -2.17. The van der Waals surface area contributed by atoms with Crippen molar-refractivity contribution in [3.8, 4) is 27.9 Å². The molecule has 2 heteroatoms. The van der Waals surface area contributed by atoms with Crippen LogP contribution in [0.15, 0.2) is 182 Å². The summed E-state index contributed by atoms with van der Waals surface area (Å²) < 4.78 is 2.47. The normalized spacial score (nSPS) is 13.1. The lowest BCUT2D eigenvalue weighted by Gasteiger charge is -2.29. The number of hydrogen-bond acceptors (Lipinski definition) is 1. The van der Waals surface area contributed by atoms with E-state index in [1.54, 1.807) is 0 Å². The Labute approximate surface area is 298 Å². The summed E-state index contributed by atoms with van der Waals surface area (Å²) in [4.78, 5) is 2.48. The predicted molar refractivity (Wildman–Crippen MR) is 216 cm³/mol. The van der Waals surface area contributed by atoms with Gasteiger partial charge in [-0.1, -0.05) is 147 Å². The topological polar surface area (TPSA) is 8.17 Å². The van der Waals surface area contributed by atoms with E-state index >= 15 is 0 Å². The molecular formula is C49H36N2. The third-order valence-corrected chi connectivity index (χ3v) is 10.9. The van der Waals surface area contributed by atoms with Crippen LogP contribution in [0.25, 0.3) is 60.5 Å². The highest BCUT2D eigenvalue weighted by atomic mass is 15.2. The molecule has 1 aromatic heterocycles. The summed E-state index contributed by atoms with van der Waals surface area (Å²) >= 11 is 0. The molecule has 0 fully saturated rings. The van der Waals surface area contributed by atoms with E-state index in [0.717, 1.165) is 22.7 Å². The van der Waals surface area contributed by atoms with Crippen LogP contribution in [-0.2, 0) is 5.41 Å². The fourth-order valence-corrected chi connectivity index (χ4v) is 8.48. The van der Waals surface area contributed by atoms with Crippen molar-refractivity contribution in [1.29, 1.82) is 0 Å². The predicted octanol–water partition coefficient (Wildman–Crippen LogP) is 13.4. The maximum absolute atomic E-state index is 2.48. The lowest BCUT2D eigenvalue weighted by atomic mass is 9.82. The number of rotatable bonds is 5. The number of nitrogens with zero attached hydrogens (tertiary/aromatic N) is 2. The van der Waals surface area contributed by atoms with Gasteiger partial charge in [0.1, 0.15) is 0 Å². The van der Waals surface area contributed by atoms with E-state index in [1.165, 1.54) is 66.0 Å². The summed E-state index contributed by atoms with van der Waals surface area (Å²) in [6, 6.07) is 66.7. The minimum absolute atomic E-state index is 0.120. The minimum atomic E-state index is -0.120. The maximum Gasteiger partial charge on any atom is 0.0782 e. The van der Waals surface area contributed by atoms with Crippen LogP contribution in [0.5, 0.6) is 0 Å². The van der Waals surface area contributed by atoms with Crippen LogP contribution < -0.4 is 4.90 Å². The van der Waals surface area contributed by atoms with Gasteiger partial charge >= 0.3 is 0 Å². The van der Waals surface area contributed by atoms with Gasteiger partial charge in [-0.3, -0.25) is 0 Å². The zero-order valence-electron chi connectivity index (χ0n) is 28.7. The first kappa shape index (κ1) is 29.5. The molecule has 0 unspecified atom stereocenters. The molecule has 0 amide bonds. The van der Waals surface area contributed by atoms with Crippen molar-refractivity contribution in [3.63, 3.8) is 0 Å². The Morgan fingerprint density at radius 1 is 0.451 bits per heavy atom. The van der Waals surface area contributed by atoms with Gasteiger partial charge in [-0.2, -0.15) is 0 Å². The number of aromatic nitrogens is 1. The molecule has 0 saturated carbocycles. The molecule has 0 N–H and O–H groups in total. The molecule has 8 aromatic carbocycles. The van der Waals surface area contributed by atoms with E-state index in [2.05, 4.69) is 205 Å². The minimum Gasteiger partial charge on any atom is -0.308 e. The molecule has 2 nitrogen and oxygen atoms in total. The summed E-state index contributed by atoms with van der Waals surface area (Å²) in [5.41, 5.74) is 14.6. The van der Waals surface area contributed by atoms with Crippen LogP contribution in [0.4, 0.5) is 17.1 Å². The van der Waals surface area contributed by atoms with Gasteiger partial charge < -0.3 is 9.47 Å². The van der Waals surface area contributed by atoms with Crippen LogP contribution >= 0.6 is 0 Å². The first-order valence-electron chi connectivity index (χ1n) is 17.8. The van der Waals surface area contributed by atoms with E-state index in [1.807, 2.05) is 0 Å². The lowest BCUT2D eigenvalue weighted by molar-refractivity contribution is 0.660. The fourth-order valence-electron chi connectivity index (χ4n) is 8.48. The molecule has 51 heavy (non-hydrogen) atoms. The van der Waals surface area contributed by atoms with E-state index in [9.17, 15) is 0 Å². The molecule has 9 aromatic rings. The molecule has 0 saturated heterocycles. The number of anilines is 3. The Morgan fingerprint density at radius 2 is 1.14 bits per heavy atom. The zero-order valence-corrected chi connectivity index (χ0v) is 28.7. The van der Waals surface area contributed by atoms with Gasteiger partial charge in [-0.15, -0.1) is 0 Å². The molecule has 10 rings (SSSR count). The monoisotopic (exact) mass is 652 g/mol. The van der Waals surface area contributed by atoms with Gasteiger partial charge in [-0.25, -0.2) is 0 Å². The van der Waals surface area contributed by atoms with E-state index < -0.39 is 0 Å². The van der Waals surface area contributed by atoms with Gasteiger partial charge in [0.05, 0.1) is 16.7 Å². The standard InChI is InChI=1S/C49H36N2/c1-49(2)44-23-10-8-20-40(44)41-29-28-39(32-45(41)49)50(37-19-12-18-36(30-37)33-14-4-3-5-15-33)47-25-13-22-43-42-21-9-11-24-46(42)51(48(43)47)38-27-26-34-16-6-7-17-35(34)31-38/h3-32H,1-2H3. The van der Waals surface area contributed by atoms with Crippen LogP contribution in [0, 0.1) is 0 Å². The van der Waals surface area contributed by atoms with Crippen LogP contribution in [-0.4, -0.2) is 4.57 Å². The second-order valence-corrected chi connectivity index (χ2v) is 14.2. The average molecular weight is 653 g/mol. The summed E-state index contributed by atoms with van der Waals surface area (Å²) in [5.74, 6) is 0. The van der Waals surface area contributed by atoms with Gasteiger partial charge in [0.15, 0.2) is 0 Å². The fraction of sp³-hybridized carbons (Fsp3) is 0.0612.